The second-order valence-electron chi connectivity index (χ2n) is 4.26. The predicted molar refractivity (Wildman–Crippen MR) is 74.4 cm³/mol. The van der Waals surface area contributed by atoms with Crippen molar-refractivity contribution in [3.8, 4) is 0 Å². The number of anilines is 2. The summed E-state index contributed by atoms with van der Waals surface area (Å²) in [4.78, 5) is 0.197. The van der Waals surface area contributed by atoms with Crippen LogP contribution in [0.15, 0.2) is 29.2 Å². The van der Waals surface area contributed by atoms with Gasteiger partial charge in [0.15, 0.2) is 5.82 Å². The SMILES string of the molecule is CCc1cc(NS(=O)(=O)c2ccc(N)cc2C)n[nH]1. The molecule has 0 spiro atoms. The number of sulfonamides is 1. The average Bonchev–Trinajstić information content (AvgIpc) is 2.75. The smallest absolute Gasteiger partial charge is 0.263 e. The fraction of sp³-hybridized carbons (Fsp3) is 0.250. The molecule has 0 bridgehead atoms. The molecule has 0 amide bonds. The van der Waals surface area contributed by atoms with Gasteiger partial charge in [0.05, 0.1) is 4.90 Å². The molecule has 6 nitrogen and oxygen atoms in total. The number of aryl methyl sites for hydroxylation is 2. The molecule has 0 aliphatic carbocycles. The largest absolute Gasteiger partial charge is 0.399 e. The van der Waals surface area contributed by atoms with Crippen molar-refractivity contribution >= 4 is 21.5 Å². The Labute approximate surface area is 112 Å². The first kappa shape index (κ1) is 13.4. The van der Waals surface area contributed by atoms with Crippen LogP contribution in [-0.2, 0) is 16.4 Å². The van der Waals surface area contributed by atoms with E-state index < -0.39 is 10.0 Å². The lowest BCUT2D eigenvalue weighted by molar-refractivity contribution is 0.600. The van der Waals surface area contributed by atoms with Crippen LogP contribution >= 0.6 is 0 Å². The van der Waals surface area contributed by atoms with Gasteiger partial charge in [0.1, 0.15) is 0 Å². The zero-order valence-electron chi connectivity index (χ0n) is 10.8. The van der Waals surface area contributed by atoms with Gasteiger partial charge in [0.2, 0.25) is 0 Å². The summed E-state index contributed by atoms with van der Waals surface area (Å²) in [5.74, 6) is 0.285. The number of aromatic amines is 1. The van der Waals surface area contributed by atoms with Gasteiger partial charge in [-0.15, -0.1) is 0 Å². The monoisotopic (exact) mass is 280 g/mol. The molecule has 0 atom stereocenters. The lowest BCUT2D eigenvalue weighted by Gasteiger charge is -2.08. The molecule has 1 aromatic heterocycles. The van der Waals surface area contributed by atoms with Crippen LogP contribution in [0.5, 0.6) is 0 Å². The Kier molecular flexibility index (Phi) is 3.48. The second kappa shape index (κ2) is 4.93. The van der Waals surface area contributed by atoms with Crippen molar-refractivity contribution in [3.63, 3.8) is 0 Å². The van der Waals surface area contributed by atoms with Gasteiger partial charge in [0.25, 0.3) is 10.0 Å². The van der Waals surface area contributed by atoms with E-state index in [1.807, 2.05) is 6.92 Å². The fourth-order valence-electron chi connectivity index (χ4n) is 1.76. The van der Waals surface area contributed by atoms with Crippen molar-refractivity contribution in [2.24, 2.45) is 0 Å². The number of nitrogen functional groups attached to an aromatic ring is 1. The van der Waals surface area contributed by atoms with E-state index in [1.165, 1.54) is 6.07 Å². The van der Waals surface area contributed by atoms with Crippen LogP contribution in [0.25, 0.3) is 0 Å². The molecule has 2 rings (SSSR count). The molecule has 1 heterocycles. The molecule has 1 aromatic carbocycles. The van der Waals surface area contributed by atoms with Crippen molar-refractivity contribution in [2.45, 2.75) is 25.2 Å². The summed E-state index contributed by atoms with van der Waals surface area (Å²) in [6, 6.07) is 6.34. The van der Waals surface area contributed by atoms with Crippen LogP contribution in [0.4, 0.5) is 11.5 Å². The summed E-state index contributed by atoms with van der Waals surface area (Å²) in [5, 5.41) is 6.66. The Morgan fingerprint density at radius 2 is 2.11 bits per heavy atom. The van der Waals surface area contributed by atoms with Crippen LogP contribution in [-0.4, -0.2) is 18.6 Å². The molecule has 7 heteroatoms. The third-order valence-electron chi connectivity index (χ3n) is 2.74. The fourth-order valence-corrected chi connectivity index (χ4v) is 2.98. The zero-order chi connectivity index (χ0) is 14.0. The summed E-state index contributed by atoms with van der Waals surface area (Å²) >= 11 is 0. The van der Waals surface area contributed by atoms with Crippen LogP contribution < -0.4 is 10.5 Å². The van der Waals surface area contributed by atoms with E-state index in [9.17, 15) is 8.42 Å². The van der Waals surface area contributed by atoms with Gasteiger partial charge in [-0.1, -0.05) is 6.92 Å². The van der Waals surface area contributed by atoms with Gasteiger partial charge in [-0.05, 0) is 37.1 Å². The van der Waals surface area contributed by atoms with Gasteiger partial charge in [-0.25, -0.2) is 8.42 Å². The highest BCUT2D eigenvalue weighted by molar-refractivity contribution is 7.92. The number of H-pyrrole nitrogens is 1. The number of nitrogens with zero attached hydrogens (tertiary/aromatic N) is 1. The lowest BCUT2D eigenvalue weighted by Crippen LogP contribution is -2.14. The molecule has 0 fully saturated rings. The molecular formula is C12H16N4O2S. The number of nitrogens with one attached hydrogen (secondary N) is 2. The quantitative estimate of drug-likeness (QED) is 0.741. The minimum atomic E-state index is -3.64. The highest BCUT2D eigenvalue weighted by Crippen LogP contribution is 2.20. The maximum Gasteiger partial charge on any atom is 0.263 e. The molecule has 0 saturated carbocycles. The molecule has 2 aromatic rings. The molecular weight excluding hydrogens is 264 g/mol. The minimum absolute atomic E-state index is 0.197. The first-order valence-electron chi connectivity index (χ1n) is 5.85. The number of rotatable bonds is 4. The molecule has 102 valence electrons. The first-order chi connectivity index (χ1) is 8.92. The average molecular weight is 280 g/mol. The van der Waals surface area contributed by atoms with Crippen molar-refractivity contribution < 1.29 is 8.42 Å². The Morgan fingerprint density at radius 3 is 2.68 bits per heavy atom. The van der Waals surface area contributed by atoms with Crippen LogP contribution in [0.3, 0.4) is 0 Å². The summed E-state index contributed by atoms with van der Waals surface area (Å²) in [7, 11) is -3.64. The van der Waals surface area contributed by atoms with Crippen molar-refractivity contribution in [3.05, 3.63) is 35.5 Å². The summed E-state index contributed by atoms with van der Waals surface area (Å²) in [6.07, 6.45) is 0.760. The van der Waals surface area contributed by atoms with Gasteiger partial charge in [-0.2, -0.15) is 5.10 Å². The predicted octanol–water partition coefficient (Wildman–Crippen LogP) is 1.66. The Bertz CT molecular complexity index is 692. The Hall–Kier alpha value is -2.02. The summed E-state index contributed by atoms with van der Waals surface area (Å²) < 4.78 is 26.9. The molecule has 4 N–H and O–H groups in total. The third kappa shape index (κ3) is 2.87. The van der Waals surface area contributed by atoms with E-state index >= 15 is 0 Å². The summed E-state index contributed by atoms with van der Waals surface area (Å²) in [6.45, 7) is 3.66. The third-order valence-corrected chi connectivity index (χ3v) is 4.25. The molecule has 0 radical (unpaired) electrons. The van der Waals surface area contributed by atoms with Gasteiger partial charge < -0.3 is 5.73 Å². The van der Waals surface area contributed by atoms with E-state index in [-0.39, 0.29) is 10.7 Å². The van der Waals surface area contributed by atoms with Crippen LogP contribution in [0.1, 0.15) is 18.2 Å². The van der Waals surface area contributed by atoms with E-state index in [0.29, 0.717) is 11.3 Å². The molecule has 0 aliphatic heterocycles. The van der Waals surface area contributed by atoms with Crippen LogP contribution in [0, 0.1) is 6.92 Å². The van der Waals surface area contributed by atoms with Crippen molar-refractivity contribution in [1.29, 1.82) is 0 Å². The topological polar surface area (TPSA) is 101 Å². The number of hydrogen-bond acceptors (Lipinski definition) is 4. The molecule has 0 aliphatic rings. The standard InChI is InChI=1S/C12H16N4O2S/c1-3-10-7-12(15-14-10)16-19(17,18)11-5-4-9(13)6-8(11)2/h4-7H,3,13H2,1-2H3,(H2,14,15,16). The number of aromatic nitrogens is 2. The second-order valence-corrected chi connectivity index (χ2v) is 5.91. The van der Waals surface area contributed by atoms with Gasteiger partial charge >= 0.3 is 0 Å². The van der Waals surface area contributed by atoms with E-state index in [1.54, 1.807) is 25.1 Å². The van der Waals surface area contributed by atoms with Crippen LogP contribution in [0.2, 0.25) is 0 Å². The highest BCUT2D eigenvalue weighted by Gasteiger charge is 2.18. The van der Waals surface area contributed by atoms with E-state index in [2.05, 4.69) is 14.9 Å². The first-order valence-corrected chi connectivity index (χ1v) is 7.34. The van der Waals surface area contributed by atoms with Crippen molar-refractivity contribution in [1.82, 2.24) is 10.2 Å². The Morgan fingerprint density at radius 1 is 1.37 bits per heavy atom. The van der Waals surface area contributed by atoms with Gasteiger partial charge in [0, 0.05) is 17.4 Å². The van der Waals surface area contributed by atoms with E-state index in [4.69, 9.17) is 5.73 Å². The molecule has 0 unspecified atom stereocenters. The number of benzene rings is 1. The van der Waals surface area contributed by atoms with E-state index in [0.717, 1.165) is 12.1 Å². The van der Waals surface area contributed by atoms with Gasteiger partial charge in [-0.3, -0.25) is 9.82 Å². The number of hydrogen-bond donors (Lipinski definition) is 3. The molecule has 19 heavy (non-hydrogen) atoms. The normalized spacial score (nSPS) is 11.5. The number of nitrogens with two attached hydrogens (primary N) is 1. The zero-order valence-corrected chi connectivity index (χ0v) is 11.6. The molecule has 0 saturated heterocycles. The minimum Gasteiger partial charge on any atom is -0.399 e. The maximum absolute atomic E-state index is 12.2. The lowest BCUT2D eigenvalue weighted by atomic mass is 10.2. The van der Waals surface area contributed by atoms with Crippen molar-refractivity contribution in [2.75, 3.05) is 10.5 Å². The maximum atomic E-state index is 12.2. The highest BCUT2D eigenvalue weighted by atomic mass is 32.2. The summed E-state index contributed by atoms with van der Waals surface area (Å²) in [5.41, 5.74) is 7.61. The Balaban J connectivity index is 2.32.